The Morgan fingerprint density at radius 3 is 2.27 bits per heavy atom. The maximum atomic E-state index is 8.41. The Morgan fingerprint density at radius 2 is 1.91 bits per heavy atom. The smallest absolute Gasteiger partial charge is 0.0868 e. The van der Waals surface area contributed by atoms with Crippen LogP contribution in [0.25, 0.3) is 0 Å². The Kier molecular flexibility index (Phi) is 5.15. The van der Waals surface area contributed by atoms with Crippen LogP contribution >= 0.6 is 0 Å². The first-order chi connectivity index (χ1) is 5.22. The van der Waals surface area contributed by atoms with Crippen molar-refractivity contribution in [2.24, 2.45) is 0 Å². The Morgan fingerprint density at radius 1 is 1.27 bits per heavy atom. The molecule has 0 aliphatic carbocycles. The summed E-state index contributed by atoms with van der Waals surface area (Å²) >= 11 is 0. The minimum Gasteiger partial charge on any atom is -0.287 e. The van der Waals surface area contributed by atoms with Crippen molar-refractivity contribution in [2.75, 3.05) is 13.1 Å². The fourth-order valence-corrected chi connectivity index (χ4v) is 0.804. The topological polar surface area (TPSA) is 50.8 Å². The average Bonchev–Trinajstić information content (AvgIpc) is 1.97. The zero-order valence-electron chi connectivity index (χ0n) is 7.04. The van der Waals surface area contributed by atoms with Crippen LogP contribution in [-0.4, -0.2) is 24.0 Å². The van der Waals surface area contributed by atoms with Crippen LogP contribution in [-0.2, 0) is 0 Å². The molecule has 3 nitrogen and oxygen atoms in total. The van der Waals surface area contributed by atoms with Crippen molar-refractivity contribution >= 4 is 0 Å². The van der Waals surface area contributed by atoms with Crippen molar-refractivity contribution in [3.8, 4) is 12.1 Å². The summed E-state index contributed by atoms with van der Waals surface area (Å²) in [6, 6.07) is 4.48. The second-order valence-corrected chi connectivity index (χ2v) is 2.63. The van der Waals surface area contributed by atoms with E-state index in [0.717, 1.165) is 0 Å². The molecule has 60 valence electrons. The van der Waals surface area contributed by atoms with Crippen LogP contribution in [0.5, 0.6) is 0 Å². The zero-order chi connectivity index (χ0) is 8.69. The quantitative estimate of drug-likeness (QED) is 0.566. The Balaban J connectivity index is 3.73. The first-order valence-electron chi connectivity index (χ1n) is 3.70. The summed E-state index contributed by atoms with van der Waals surface area (Å²) < 4.78 is 0. The molecule has 0 rings (SSSR count). The molecular weight excluding hydrogens is 138 g/mol. The van der Waals surface area contributed by atoms with E-state index in [1.165, 1.54) is 0 Å². The highest BCUT2D eigenvalue weighted by Crippen LogP contribution is 1.97. The molecular formula is C8H13N3. The maximum Gasteiger partial charge on any atom is 0.0868 e. The van der Waals surface area contributed by atoms with Gasteiger partial charge in [0.05, 0.1) is 18.7 Å². The predicted octanol–water partition coefficient (Wildman–Crippen LogP) is 1.13. The molecule has 0 spiro atoms. The Hall–Kier alpha value is -1.06. The Labute approximate surface area is 67.8 Å². The molecule has 0 amide bonds. The minimum absolute atomic E-state index is 0.350. The minimum atomic E-state index is 0.350. The highest BCUT2D eigenvalue weighted by Gasteiger charge is 2.06. The molecule has 0 atom stereocenters. The van der Waals surface area contributed by atoms with E-state index in [4.69, 9.17) is 10.5 Å². The standard InChI is InChI=1S/C8H13N3/c1-8(2)11(7-5-10)6-3-4-9/h8H,3,6-7H2,1-2H3. The van der Waals surface area contributed by atoms with Crippen molar-refractivity contribution in [2.45, 2.75) is 26.3 Å². The Bertz CT molecular complexity index is 173. The molecule has 0 saturated carbocycles. The van der Waals surface area contributed by atoms with Crippen LogP contribution in [0.2, 0.25) is 0 Å². The number of rotatable bonds is 4. The average molecular weight is 151 g/mol. The molecule has 0 aromatic rings. The van der Waals surface area contributed by atoms with E-state index >= 15 is 0 Å². The largest absolute Gasteiger partial charge is 0.287 e. The van der Waals surface area contributed by atoms with Gasteiger partial charge >= 0.3 is 0 Å². The van der Waals surface area contributed by atoms with Gasteiger partial charge in [0.1, 0.15) is 0 Å². The fraction of sp³-hybridized carbons (Fsp3) is 0.750. The third-order valence-corrected chi connectivity index (χ3v) is 1.51. The van der Waals surface area contributed by atoms with E-state index in [-0.39, 0.29) is 0 Å². The first-order valence-corrected chi connectivity index (χ1v) is 3.70. The van der Waals surface area contributed by atoms with Crippen LogP contribution in [0.1, 0.15) is 20.3 Å². The van der Waals surface area contributed by atoms with Gasteiger partial charge in [0, 0.05) is 19.0 Å². The predicted molar refractivity (Wildman–Crippen MR) is 42.6 cm³/mol. The molecule has 0 saturated heterocycles. The third kappa shape index (κ3) is 4.36. The normalized spacial score (nSPS) is 9.64. The molecule has 0 N–H and O–H groups in total. The third-order valence-electron chi connectivity index (χ3n) is 1.51. The van der Waals surface area contributed by atoms with E-state index in [1.807, 2.05) is 18.7 Å². The number of hydrogen-bond donors (Lipinski definition) is 0. The van der Waals surface area contributed by atoms with Crippen LogP contribution in [0, 0.1) is 22.7 Å². The molecule has 3 heteroatoms. The van der Waals surface area contributed by atoms with Gasteiger partial charge in [-0.25, -0.2) is 0 Å². The molecule has 0 aromatic carbocycles. The highest BCUT2D eigenvalue weighted by molar-refractivity contribution is 4.81. The van der Waals surface area contributed by atoms with Gasteiger partial charge in [0.25, 0.3) is 0 Å². The van der Waals surface area contributed by atoms with E-state index in [1.54, 1.807) is 0 Å². The van der Waals surface area contributed by atoms with Crippen LogP contribution in [0.3, 0.4) is 0 Å². The van der Waals surface area contributed by atoms with Crippen molar-refractivity contribution in [1.82, 2.24) is 4.90 Å². The second kappa shape index (κ2) is 5.70. The van der Waals surface area contributed by atoms with Gasteiger partial charge < -0.3 is 0 Å². The lowest BCUT2D eigenvalue weighted by Gasteiger charge is -2.21. The molecule has 0 aliphatic heterocycles. The summed E-state index contributed by atoms with van der Waals surface area (Å²) in [5.41, 5.74) is 0. The summed E-state index contributed by atoms with van der Waals surface area (Å²) in [7, 11) is 0. The molecule has 0 fully saturated rings. The van der Waals surface area contributed by atoms with Crippen molar-refractivity contribution in [3.05, 3.63) is 0 Å². The fourth-order valence-electron chi connectivity index (χ4n) is 0.804. The van der Waals surface area contributed by atoms with Crippen molar-refractivity contribution < 1.29 is 0 Å². The van der Waals surface area contributed by atoms with Crippen molar-refractivity contribution in [1.29, 1.82) is 10.5 Å². The van der Waals surface area contributed by atoms with Crippen molar-refractivity contribution in [3.63, 3.8) is 0 Å². The van der Waals surface area contributed by atoms with Gasteiger partial charge in [-0.3, -0.25) is 4.90 Å². The van der Waals surface area contributed by atoms with Crippen LogP contribution in [0.4, 0.5) is 0 Å². The van der Waals surface area contributed by atoms with Crippen LogP contribution in [0.15, 0.2) is 0 Å². The van der Waals surface area contributed by atoms with E-state index in [0.29, 0.717) is 25.6 Å². The lowest BCUT2D eigenvalue weighted by Crippen LogP contribution is -2.31. The molecule has 0 bridgehead atoms. The second-order valence-electron chi connectivity index (χ2n) is 2.63. The van der Waals surface area contributed by atoms with Gasteiger partial charge in [-0.05, 0) is 13.8 Å². The highest BCUT2D eigenvalue weighted by atomic mass is 15.1. The summed E-state index contributed by atoms with van der Waals surface area (Å²) in [6.07, 6.45) is 0.500. The van der Waals surface area contributed by atoms with E-state index < -0.39 is 0 Å². The van der Waals surface area contributed by atoms with E-state index in [2.05, 4.69) is 12.1 Å². The van der Waals surface area contributed by atoms with Crippen LogP contribution < -0.4 is 0 Å². The SMILES string of the molecule is CC(C)N(CC#N)CCC#N. The summed E-state index contributed by atoms with van der Waals surface area (Å²) in [5.74, 6) is 0. The molecule has 0 unspecified atom stereocenters. The number of nitriles is 2. The molecule has 0 aromatic heterocycles. The first kappa shape index (κ1) is 9.94. The molecule has 0 aliphatic rings. The lowest BCUT2D eigenvalue weighted by molar-refractivity contribution is 0.254. The summed E-state index contributed by atoms with van der Waals surface area (Å²) in [5, 5.41) is 16.7. The number of hydrogen-bond acceptors (Lipinski definition) is 3. The number of nitrogens with zero attached hydrogens (tertiary/aromatic N) is 3. The summed E-state index contributed by atoms with van der Waals surface area (Å²) in [4.78, 5) is 1.98. The molecule has 0 heterocycles. The van der Waals surface area contributed by atoms with Gasteiger partial charge in [-0.1, -0.05) is 0 Å². The summed E-state index contributed by atoms with van der Waals surface area (Å²) in [6.45, 7) is 5.16. The monoisotopic (exact) mass is 151 g/mol. The maximum absolute atomic E-state index is 8.41. The van der Waals surface area contributed by atoms with E-state index in [9.17, 15) is 0 Å². The van der Waals surface area contributed by atoms with Gasteiger partial charge in [-0.2, -0.15) is 10.5 Å². The van der Waals surface area contributed by atoms with Gasteiger partial charge in [-0.15, -0.1) is 0 Å². The molecule has 0 radical (unpaired) electrons. The lowest BCUT2D eigenvalue weighted by atomic mass is 10.3. The van der Waals surface area contributed by atoms with Gasteiger partial charge in [0.15, 0.2) is 0 Å². The zero-order valence-corrected chi connectivity index (χ0v) is 7.04. The van der Waals surface area contributed by atoms with Gasteiger partial charge in [0.2, 0.25) is 0 Å². The molecule has 11 heavy (non-hydrogen) atoms.